The maximum Gasteiger partial charge on any atom is 0.305 e. The van der Waals surface area contributed by atoms with Gasteiger partial charge in [0.1, 0.15) is 11.6 Å². The molecule has 1 aromatic heterocycles. The number of nitrogens with one attached hydrogen (secondary N) is 2. The monoisotopic (exact) mass is 426 g/mol. The van der Waals surface area contributed by atoms with Crippen LogP contribution in [-0.4, -0.2) is 28.5 Å². The van der Waals surface area contributed by atoms with Gasteiger partial charge in [0, 0.05) is 35.0 Å². The number of carbonyl (C=O) groups excluding carboxylic acids is 1. The zero-order valence-electron chi connectivity index (χ0n) is 17.6. The predicted octanol–water partition coefficient (Wildman–Crippen LogP) is 5.11. The highest BCUT2D eigenvalue weighted by Gasteiger charge is 2.21. The third kappa shape index (κ3) is 4.50. The van der Waals surface area contributed by atoms with E-state index >= 15 is 8.78 Å². The molecule has 0 atom stereocenters. The van der Waals surface area contributed by atoms with Crippen molar-refractivity contribution in [1.82, 2.24) is 10.3 Å². The van der Waals surface area contributed by atoms with E-state index in [-0.39, 0.29) is 47.2 Å². The minimum atomic E-state index is -1.03. The Kier molecular flexibility index (Phi) is 6.53. The van der Waals surface area contributed by atoms with E-state index in [2.05, 4.69) is 10.3 Å². The summed E-state index contributed by atoms with van der Waals surface area (Å²) in [5.41, 5.74) is 2.20. The first-order valence-electron chi connectivity index (χ1n) is 10.0. The van der Waals surface area contributed by atoms with Crippen LogP contribution in [0.2, 0.25) is 0 Å². The highest BCUT2D eigenvalue weighted by Crippen LogP contribution is 2.35. The fourth-order valence-electron chi connectivity index (χ4n) is 3.57. The fraction of sp³-hybridized carbons (Fsp3) is 0.250. The minimum Gasteiger partial charge on any atom is -0.481 e. The summed E-state index contributed by atoms with van der Waals surface area (Å²) >= 11 is 0. The number of carboxylic acid groups (broad SMARTS) is 1. The molecule has 3 rings (SSSR count). The lowest BCUT2D eigenvalue weighted by molar-refractivity contribution is -0.136. The molecule has 3 N–H and O–H groups in total. The van der Waals surface area contributed by atoms with E-state index in [9.17, 15) is 9.59 Å². The van der Waals surface area contributed by atoms with Gasteiger partial charge in [-0.05, 0) is 66.6 Å². The van der Waals surface area contributed by atoms with Crippen LogP contribution in [0.15, 0.2) is 36.0 Å². The van der Waals surface area contributed by atoms with E-state index in [4.69, 9.17) is 5.11 Å². The van der Waals surface area contributed by atoms with Crippen molar-refractivity contribution in [3.63, 3.8) is 0 Å². The molecule has 31 heavy (non-hydrogen) atoms. The summed E-state index contributed by atoms with van der Waals surface area (Å²) in [6.45, 7) is 4.68. The Balaban J connectivity index is 2.03. The standard InChI is InChI=1S/C24H24F2N2O3/c1-4-15(24(31)28-10-8-20(29)30)12-18-13(2)23(26)21(14(3)22(18)25)17-5-6-19-16(11-17)7-9-27-19/h5-7,9,11-12,27H,4,8,10H2,1-3H3,(H,28,31)(H,29,30)/b15-12+. The number of hydrogen-bond acceptors (Lipinski definition) is 2. The van der Waals surface area contributed by atoms with Crippen LogP contribution in [-0.2, 0) is 9.59 Å². The molecule has 1 heterocycles. The van der Waals surface area contributed by atoms with Crippen molar-refractivity contribution in [1.29, 1.82) is 0 Å². The van der Waals surface area contributed by atoms with Gasteiger partial charge in [-0.25, -0.2) is 8.78 Å². The lowest BCUT2D eigenvalue weighted by Gasteiger charge is -2.16. The van der Waals surface area contributed by atoms with Gasteiger partial charge in [0.15, 0.2) is 0 Å². The Hall–Kier alpha value is -3.48. The van der Waals surface area contributed by atoms with Crippen LogP contribution < -0.4 is 5.32 Å². The van der Waals surface area contributed by atoms with Crippen molar-refractivity contribution >= 4 is 28.9 Å². The first kappa shape index (κ1) is 22.2. The van der Waals surface area contributed by atoms with Crippen LogP contribution in [0.4, 0.5) is 8.78 Å². The van der Waals surface area contributed by atoms with E-state index in [0.29, 0.717) is 5.56 Å². The van der Waals surface area contributed by atoms with Crippen molar-refractivity contribution in [3.05, 3.63) is 64.4 Å². The number of aromatic nitrogens is 1. The molecule has 0 spiro atoms. The number of halogens is 2. The minimum absolute atomic E-state index is 0.0201. The molecule has 0 fully saturated rings. The maximum absolute atomic E-state index is 15.4. The summed E-state index contributed by atoms with van der Waals surface area (Å²) in [5.74, 6) is -2.66. The smallest absolute Gasteiger partial charge is 0.305 e. The number of hydrogen-bond donors (Lipinski definition) is 3. The van der Waals surface area contributed by atoms with Crippen molar-refractivity contribution < 1.29 is 23.5 Å². The molecular weight excluding hydrogens is 402 g/mol. The molecule has 0 aliphatic heterocycles. The first-order valence-corrected chi connectivity index (χ1v) is 10.0. The molecule has 1 amide bonds. The van der Waals surface area contributed by atoms with Gasteiger partial charge in [-0.2, -0.15) is 0 Å². The number of aromatic amines is 1. The van der Waals surface area contributed by atoms with Crippen molar-refractivity contribution in [2.75, 3.05) is 6.54 Å². The molecule has 2 aromatic carbocycles. The molecule has 0 saturated carbocycles. The zero-order valence-corrected chi connectivity index (χ0v) is 17.6. The summed E-state index contributed by atoms with van der Waals surface area (Å²) in [7, 11) is 0. The average Bonchev–Trinajstić information content (AvgIpc) is 3.20. The number of benzene rings is 2. The predicted molar refractivity (Wildman–Crippen MR) is 117 cm³/mol. The van der Waals surface area contributed by atoms with Crippen LogP contribution in [0.3, 0.4) is 0 Å². The molecule has 162 valence electrons. The third-order valence-electron chi connectivity index (χ3n) is 5.35. The number of carboxylic acids is 1. The molecule has 5 nitrogen and oxygen atoms in total. The van der Waals surface area contributed by atoms with E-state index in [0.717, 1.165) is 10.9 Å². The average molecular weight is 426 g/mol. The van der Waals surface area contributed by atoms with Crippen LogP contribution >= 0.6 is 0 Å². The largest absolute Gasteiger partial charge is 0.481 e. The number of H-pyrrole nitrogens is 1. The van der Waals surface area contributed by atoms with Gasteiger partial charge in [0.05, 0.1) is 6.42 Å². The quantitative estimate of drug-likeness (QED) is 0.459. The van der Waals surface area contributed by atoms with E-state index in [1.807, 2.05) is 12.1 Å². The molecule has 0 saturated heterocycles. The van der Waals surface area contributed by atoms with Gasteiger partial charge in [0.2, 0.25) is 5.91 Å². The molecule has 0 radical (unpaired) electrons. The molecule has 7 heteroatoms. The highest BCUT2D eigenvalue weighted by atomic mass is 19.1. The molecule has 3 aromatic rings. The number of aliphatic carboxylic acids is 1. The Labute approximate surface area is 178 Å². The summed E-state index contributed by atoms with van der Waals surface area (Å²) in [6.07, 6.45) is 3.19. The topological polar surface area (TPSA) is 82.2 Å². The van der Waals surface area contributed by atoms with Gasteiger partial charge in [-0.1, -0.05) is 13.0 Å². The van der Waals surface area contributed by atoms with Crippen molar-refractivity contribution in [2.24, 2.45) is 0 Å². The highest BCUT2D eigenvalue weighted by molar-refractivity contribution is 5.98. The summed E-state index contributed by atoms with van der Waals surface area (Å²) < 4.78 is 30.7. The second kappa shape index (κ2) is 9.12. The van der Waals surface area contributed by atoms with E-state index in [1.165, 1.54) is 19.9 Å². The zero-order chi connectivity index (χ0) is 22.7. The van der Waals surface area contributed by atoms with Crippen LogP contribution in [0.25, 0.3) is 28.1 Å². The normalized spacial score (nSPS) is 11.7. The SMILES string of the molecule is CC/C(=C\c1c(C)c(F)c(-c2ccc3[nH]ccc3c2)c(C)c1F)C(=O)NCCC(=O)O. The number of rotatable bonds is 7. The van der Waals surface area contributed by atoms with Gasteiger partial charge in [-0.3, -0.25) is 9.59 Å². The number of carbonyl (C=O) groups is 2. The number of fused-ring (bicyclic) bond motifs is 1. The van der Waals surface area contributed by atoms with E-state index in [1.54, 1.807) is 25.3 Å². The van der Waals surface area contributed by atoms with Gasteiger partial charge >= 0.3 is 5.97 Å². The second-order valence-electron chi connectivity index (χ2n) is 7.37. The Morgan fingerprint density at radius 2 is 1.87 bits per heavy atom. The Morgan fingerprint density at radius 3 is 2.55 bits per heavy atom. The van der Waals surface area contributed by atoms with Gasteiger partial charge in [-0.15, -0.1) is 0 Å². The van der Waals surface area contributed by atoms with Crippen molar-refractivity contribution in [2.45, 2.75) is 33.6 Å². The van der Waals surface area contributed by atoms with Crippen LogP contribution in [0.5, 0.6) is 0 Å². The Morgan fingerprint density at radius 1 is 1.13 bits per heavy atom. The lowest BCUT2D eigenvalue weighted by atomic mass is 9.91. The van der Waals surface area contributed by atoms with Gasteiger partial charge in [0.25, 0.3) is 0 Å². The lowest BCUT2D eigenvalue weighted by Crippen LogP contribution is -2.27. The van der Waals surface area contributed by atoms with Gasteiger partial charge < -0.3 is 15.4 Å². The molecule has 0 bridgehead atoms. The second-order valence-corrected chi connectivity index (χ2v) is 7.37. The van der Waals surface area contributed by atoms with Crippen LogP contribution in [0.1, 0.15) is 36.5 Å². The number of amides is 1. The van der Waals surface area contributed by atoms with E-state index < -0.39 is 23.5 Å². The fourth-order valence-corrected chi connectivity index (χ4v) is 3.57. The van der Waals surface area contributed by atoms with Crippen molar-refractivity contribution in [3.8, 4) is 11.1 Å². The summed E-state index contributed by atoms with van der Waals surface area (Å²) in [4.78, 5) is 26.0. The molecule has 0 unspecified atom stereocenters. The summed E-state index contributed by atoms with van der Waals surface area (Å²) in [6, 6.07) is 7.23. The Bertz CT molecular complexity index is 1170. The summed E-state index contributed by atoms with van der Waals surface area (Å²) in [5, 5.41) is 12.1. The third-order valence-corrected chi connectivity index (χ3v) is 5.35. The molecule has 0 aliphatic rings. The maximum atomic E-state index is 15.4. The molecule has 0 aliphatic carbocycles. The van der Waals surface area contributed by atoms with Crippen LogP contribution in [0, 0.1) is 25.5 Å². The molecular formula is C24H24F2N2O3. The first-order chi connectivity index (χ1) is 14.7.